The van der Waals surface area contributed by atoms with Gasteiger partial charge in [-0.1, -0.05) is 70.1 Å². The summed E-state index contributed by atoms with van der Waals surface area (Å²) in [6.45, 7) is 6.20. The van der Waals surface area contributed by atoms with Crippen LogP contribution in [0.25, 0.3) is 0 Å². The number of rotatable bonds is 14. The van der Waals surface area contributed by atoms with Gasteiger partial charge in [-0.3, -0.25) is 4.79 Å². The highest BCUT2D eigenvalue weighted by Crippen LogP contribution is 2.07. The van der Waals surface area contributed by atoms with Crippen LogP contribution in [0, 0.1) is 5.92 Å². The van der Waals surface area contributed by atoms with E-state index in [0.717, 1.165) is 38.5 Å². The molecule has 1 nitrogen and oxygen atoms in total. The molecular weight excluding hydrogens is 268 g/mol. The number of hydrogen-bond acceptors (Lipinski definition) is 1. The van der Waals surface area contributed by atoms with Gasteiger partial charge in [0.05, 0.1) is 0 Å². The van der Waals surface area contributed by atoms with E-state index in [9.17, 15) is 4.79 Å². The highest BCUT2D eigenvalue weighted by Gasteiger charge is 2.05. The predicted molar refractivity (Wildman–Crippen MR) is 99.1 cm³/mol. The molecule has 0 rings (SSSR count). The van der Waals surface area contributed by atoms with Gasteiger partial charge in [-0.2, -0.15) is 0 Å². The molecule has 0 heterocycles. The first-order chi connectivity index (χ1) is 10.7. The van der Waals surface area contributed by atoms with Gasteiger partial charge in [0.1, 0.15) is 5.78 Å². The third-order valence-corrected chi connectivity index (χ3v) is 3.71. The Balaban J connectivity index is 3.39. The third kappa shape index (κ3) is 15.3. The summed E-state index contributed by atoms with van der Waals surface area (Å²) in [5.74, 6) is 0.594. The predicted octanol–water partition coefficient (Wildman–Crippen LogP) is 6.80. The quantitative estimate of drug-likeness (QED) is 0.255. The molecule has 0 bridgehead atoms. The van der Waals surface area contributed by atoms with Crippen molar-refractivity contribution < 1.29 is 4.79 Å². The lowest BCUT2D eigenvalue weighted by Crippen LogP contribution is -2.05. The van der Waals surface area contributed by atoms with Gasteiger partial charge in [0.15, 0.2) is 0 Å². The highest BCUT2D eigenvalue weighted by atomic mass is 16.1. The molecule has 0 saturated carbocycles. The Hall–Kier alpha value is -1.11. The van der Waals surface area contributed by atoms with Gasteiger partial charge < -0.3 is 0 Å². The summed E-state index contributed by atoms with van der Waals surface area (Å²) in [5.41, 5.74) is 0. The number of carbonyl (C=O) groups is 1. The summed E-state index contributed by atoms with van der Waals surface area (Å²) in [5, 5.41) is 0. The zero-order chi connectivity index (χ0) is 16.5. The average molecular weight is 305 g/mol. The Kier molecular flexibility index (Phi) is 15.4. The summed E-state index contributed by atoms with van der Waals surface area (Å²) in [4.78, 5) is 11.4. The molecule has 22 heavy (non-hydrogen) atoms. The molecule has 0 saturated heterocycles. The fraction of sp³-hybridized carbons (Fsp3) is 0.667. The van der Waals surface area contributed by atoms with E-state index >= 15 is 0 Å². The summed E-state index contributed by atoms with van der Waals surface area (Å²) in [7, 11) is 0. The Bertz CT molecular complexity index is 334. The molecule has 0 unspecified atom stereocenters. The lowest BCUT2D eigenvalue weighted by atomic mass is 10.0. The van der Waals surface area contributed by atoms with Crippen molar-refractivity contribution in [2.75, 3.05) is 0 Å². The minimum absolute atomic E-state index is 0.196. The lowest BCUT2D eigenvalue weighted by molar-refractivity contribution is -0.122. The monoisotopic (exact) mass is 304 g/mol. The smallest absolute Gasteiger partial charge is 0.135 e. The summed E-state index contributed by atoms with van der Waals surface area (Å²) in [6.07, 6.45) is 24.8. The molecular formula is C21H36O. The summed E-state index contributed by atoms with van der Waals surface area (Å²) in [6, 6.07) is 0. The van der Waals surface area contributed by atoms with Crippen LogP contribution in [0.5, 0.6) is 0 Å². The molecule has 1 heteroatoms. The van der Waals surface area contributed by atoms with E-state index in [-0.39, 0.29) is 5.92 Å². The van der Waals surface area contributed by atoms with Gasteiger partial charge in [0.2, 0.25) is 0 Å². The third-order valence-electron chi connectivity index (χ3n) is 3.71. The first-order valence-corrected chi connectivity index (χ1v) is 9.16. The van der Waals surface area contributed by atoms with Crippen LogP contribution in [0.2, 0.25) is 0 Å². The van der Waals surface area contributed by atoms with Gasteiger partial charge in [-0.15, -0.1) is 0 Å². The molecule has 0 aliphatic heterocycles. The van der Waals surface area contributed by atoms with Crippen LogP contribution >= 0.6 is 0 Å². The van der Waals surface area contributed by atoms with Crippen LogP contribution in [-0.4, -0.2) is 5.78 Å². The first kappa shape index (κ1) is 20.9. The Morgan fingerprint density at radius 2 is 1.27 bits per heavy atom. The zero-order valence-corrected chi connectivity index (χ0v) is 15.0. The average Bonchev–Trinajstić information content (AvgIpc) is 2.50. The molecule has 0 aliphatic rings. The minimum Gasteiger partial charge on any atom is -0.299 e. The van der Waals surface area contributed by atoms with Crippen molar-refractivity contribution >= 4 is 5.78 Å². The van der Waals surface area contributed by atoms with E-state index in [2.05, 4.69) is 43.4 Å². The summed E-state index contributed by atoms with van der Waals surface area (Å²) >= 11 is 0. The van der Waals surface area contributed by atoms with E-state index in [1.165, 1.54) is 25.7 Å². The normalized spacial score (nSPS) is 12.4. The minimum atomic E-state index is 0.196. The second-order valence-corrected chi connectivity index (χ2v) is 6.25. The van der Waals surface area contributed by atoms with Gasteiger partial charge >= 0.3 is 0 Å². The Labute approximate surface area is 138 Å². The number of unbranched alkanes of at least 4 members (excludes halogenated alkanes) is 5. The van der Waals surface area contributed by atoms with Crippen LogP contribution in [-0.2, 0) is 4.79 Å². The van der Waals surface area contributed by atoms with Crippen molar-refractivity contribution in [3.8, 4) is 0 Å². The zero-order valence-electron chi connectivity index (χ0n) is 15.0. The van der Waals surface area contributed by atoms with Crippen molar-refractivity contribution in [2.24, 2.45) is 5.92 Å². The van der Waals surface area contributed by atoms with E-state index in [0.29, 0.717) is 5.78 Å². The molecule has 0 amide bonds. The van der Waals surface area contributed by atoms with Crippen LogP contribution in [0.3, 0.4) is 0 Å². The number of Topliss-reactive ketones (excluding diaryl/α,β-unsaturated/α-hetero) is 1. The van der Waals surface area contributed by atoms with Crippen molar-refractivity contribution in [2.45, 2.75) is 85.0 Å². The molecule has 0 N–H and O–H groups in total. The molecule has 0 radical (unpaired) electrons. The molecule has 0 fully saturated rings. The molecule has 0 aliphatic carbocycles. The van der Waals surface area contributed by atoms with Crippen molar-refractivity contribution in [3.05, 3.63) is 36.5 Å². The topological polar surface area (TPSA) is 17.1 Å². The number of allylic oxidation sites excluding steroid dienone is 6. The Morgan fingerprint density at radius 1 is 0.773 bits per heavy atom. The number of ketones is 1. The standard InChI is InChI=1S/C21H36O/c1-4-5-6-7-8-9-10-11-12-13-14-15-16-17-18-19-21(22)20(2)3/h8-9,11-12,14-15,20H,4-7,10,13,16-19H2,1-3H3/b9-8-,12-11-,15-14-. The van der Waals surface area contributed by atoms with E-state index in [4.69, 9.17) is 0 Å². The van der Waals surface area contributed by atoms with Gasteiger partial charge in [-0.05, 0) is 44.9 Å². The van der Waals surface area contributed by atoms with Gasteiger partial charge in [-0.25, -0.2) is 0 Å². The van der Waals surface area contributed by atoms with Crippen LogP contribution in [0.15, 0.2) is 36.5 Å². The molecule has 0 aromatic rings. The largest absolute Gasteiger partial charge is 0.299 e. The maximum atomic E-state index is 11.4. The molecule has 0 aromatic heterocycles. The van der Waals surface area contributed by atoms with E-state index < -0.39 is 0 Å². The Morgan fingerprint density at radius 3 is 1.77 bits per heavy atom. The van der Waals surface area contributed by atoms with Crippen LogP contribution in [0.1, 0.15) is 85.0 Å². The fourth-order valence-corrected chi connectivity index (χ4v) is 2.14. The second-order valence-electron chi connectivity index (χ2n) is 6.25. The van der Waals surface area contributed by atoms with E-state index in [1.807, 2.05) is 13.8 Å². The molecule has 0 aromatic carbocycles. The maximum Gasteiger partial charge on any atom is 0.135 e. The van der Waals surface area contributed by atoms with Crippen LogP contribution in [0.4, 0.5) is 0 Å². The number of hydrogen-bond donors (Lipinski definition) is 0. The maximum absolute atomic E-state index is 11.4. The van der Waals surface area contributed by atoms with E-state index in [1.54, 1.807) is 0 Å². The number of carbonyl (C=O) groups excluding carboxylic acids is 1. The lowest BCUT2D eigenvalue weighted by Gasteiger charge is -2.02. The van der Waals surface area contributed by atoms with Gasteiger partial charge in [0.25, 0.3) is 0 Å². The van der Waals surface area contributed by atoms with Crippen molar-refractivity contribution in [1.82, 2.24) is 0 Å². The summed E-state index contributed by atoms with van der Waals surface area (Å²) < 4.78 is 0. The van der Waals surface area contributed by atoms with Crippen LogP contribution < -0.4 is 0 Å². The fourth-order valence-electron chi connectivity index (χ4n) is 2.14. The highest BCUT2D eigenvalue weighted by molar-refractivity contribution is 5.80. The van der Waals surface area contributed by atoms with Crippen molar-refractivity contribution in [1.29, 1.82) is 0 Å². The first-order valence-electron chi connectivity index (χ1n) is 9.16. The molecule has 126 valence electrons. The molecule has 0 spiro atoms. The molecule has 0 atom stereocenters. The van der Waals surface area contributed by atoms with Gasteiger partial charge in [0, 0.05) is 12.3 Å². The SMILES string of the molecule is CCCCC/C=C\C/C=C\C/C=C\CCCCC(=O)C(C)C. The second kappa shape index (κ2) is 16.3. The van der Waals surface area contributed by atoms with Crippen molar-refractivity contribution in [3.63, 3.8) is 0 Å².